The van der Waals surface area contributed by atoms with Crippen LogP contribution < -0.4 is 15.4 Å². The summed E-state index contributed by atoms with van der Waals surface area (Å²) in [6.45, 7) is 3.82. The van der Waals surface area contributed by atoms with Crippen molar-refractivity contribution in [1.29, 1.82) is 5.41 Å². The molecule has 30 heavy (non-hydrogen) atoms. The highest BCUT2D eigenvalue weighted by molar-refractivity contribution is 5.75. The van der Waals surface area contributed by atoms with Gasteiger partial charge in [0, 0.05) is 32.2 Å². The Morgan fingerprint density at radius 1 is 1.23 bits per heavy atom. The zero-order chi connectivity index (χ0) is 21.1. The van der Waals surface area contributed by atoms with Gasteiger partial charge in [-0.2, -0.15) is 0 Å². The number of anilines is 1. The summed E-state index contributed by atoms with van der Waals surface area (Å²) >= 11 is 0. The number of ether oxygens (including phenoxy) is 1. The van der Waals surface area contributed by atoms with Gasteiger partial charge in [0.1, 0.15) is 17.8 Å². The zero-order valence-corrected chi connectivity index (χ0v) is 16.8. The van der Waals surface area contributed by atoms with E-state index in [1.807, 2.05) is 11.0 Å². The highest BCUT2D eigenvalue weighted by Crippen LogP contribution is 2.26. The molecule has 3 N–H and O–H groups in total. The normalized spacial score (nSPS) is 16.8. The maximum atomic E-state index is 10.8. The summed E-state index contributed by atoms with van der Waals surface area (Å²) in [5.41, 5.74) is 8.11. The van der Waals surface area contributed by atoms with Crippen LogP contribution in [-0.4, -0.2) is 47.0 Å². The average Bonchev–Trinajstić information content (AvgIpc) is 2.77. The van der Waals surface area contributed by atoms with Crippen molar-refractivity contribution in [2.75, 3.05) is 31.1 Å². The van der Waals surface area contributed by atoms with Gasteiger partial charge in [0.15, 0.2) is 5.96 Å². The first-order valence-electron chi connectivity index (χ1n) is 10.2. The Balaban J connectivity index is 1.28. The van der Waals surface area contributed by atoms with Crippen molar-refractivity contribution >= 4 is 17.5 Å². The molecular weight excluding hydrogens is 384 g/mol. The van der Waals surface area contributed by atoms with Crippen molar-refractivity contribution in [2.24, 2.45) is 11.7 Å². The van der Waals surface area contributed by atoms with E-state index >= 15 is 0 Å². The van der Waals surface area contributed by atoms with Gasteiger partial charge in [-0.05, 0) is 54.5 Å². The van der Waals surface area contributed by atoms with Gasteiger partial charge in [-0.3, -0.25) is 15.5 Å². The first kappa shape index (κ1) is 19.9. The molecule has 0 radical (unpaired) electrons. The molecule has 0 aliphatic carbocycles. The molecule has 9 nitrogen and oxygen atoms in total. The minimum atomic E-state index is -0.432. The highest BCUT2D eigenvalue weighted by Gasteiger charge is 2.22. The van der Waals surface area contributed by atoms with Gasteiger partial charge in [-0.15, -0.1) is 0 Å². The second kappa shape index (κ2) is 8.56. The number of benzene rings is 1. The Labute approximate surface area is 175 Å². The minimum Gasteiger partial charge on any atom is -0.493 e. The molecule has 9 heteroatoms. The van der Waals surface area contributed by atoms with Crippen LogP contribution in [0.15, 0.2) is 36.5 Å². The number of nitrogens with two attached hydrogens (primary N) is 1. The zero-order valence-electron chi connectivity index (χ0n) is 16.8. The number of nitrogens with one attached hydrogen (secondary N) is 1. The molecule has 0 atom stereocenters. The minimum absolute atomic E-state index is 0.0125. The number of hydrogen-bond acceptors (Lipinski definition) is 6. The van der Waals surface area contributed by atoms with Gasteiger partial charge in [0.25, 0.3) is 5.69 Å². The van der Waals surface area contributed by atoms with Gasteiger partial charge in [-0.25, -0.2) is 4.98 Å². The molecule has 0 unspecified atom stereocenters. The molecule has 1 saturated heterocycles. The lowest BCUT2D eigenvalue weighted by molar-refractivity contribution is -0.385. The molecule has 158 valence electrons. The highest BCUT2D eigenvalue weighted by atomic mass is 16.6. The summed E-state index contributed by atoms with van der Waals surface area (Å²) in [7, 11) is 0. The molecule has 3 heterocycles. The number of pyridine rings is 1. The number of aromatic nitrogens is 1. The number of guanidine groups is 1. The topological polar surface area (TPSA) is 122 Å². The van der Waals surface area contributed by atoms with Crippen LogP contribution in [0.4, 0.5) is 11.5 Å². The average molecular weight is 410 g/mol. The first-order chi connectivity index (χ1) is 14.5. The number of nitrogens with zero attached hydrogens (tertiary/aromatic N) is 4. The molecule has 0 saturated carbocycles. The Hall–Kier alpha value is -3.36. The maximum absolute atomic E-state index is 10.8. The first-order valence-corrected chi connectivity index (χ1v) is 10.2. The van der Waals surface area contributed by atoms with E-state index in [1.54, 1.807) is 6.07 Å². The third-order valence-corrected chi connectivity index (χ3v) is 5.90. The Kier molecular flexibility index (Phi) is 5.69. The number of hydrogen-bond donors (Lipinski definition) is 2. The van der Waals surface area contributed by atoms with Gasteiger partial charge in [0.05, 0.1) is 11.5 Å². The van der Waals surface area contributed by atoms with E-state index in [-0.39, 0.29) is 11.6 Å². The summed E-state index contributed by atoms with van der Waals surface area (Å²) in [6.07, 6.45) is 4.18. The summed E-state index contributed by atoms with van der Waals surface area (Å²) in [5.74, 6) is 2.22. The second-order valence-electron chi connectivity index (χ2n) is 7.86. The lowest BCUT2D eigenvalue weighted by Crippen LogP contribution is -2.40. The predicted octanol–water partition coefficient (Wildman–Crippen LogP) is 2.54. The fraction of sp³-hybridized carbons (Fsp3) is 0.429. The smallest absolute Gasteiger partial charge is 0.287 e. The van der Waals surface area contributed by atoms with Gasteiger partial charge >= 0.3 is 0 Å². The standard InChI is InChI=1S/C21H26N6O3/c22-21(23)26-10-7-16-1-3-19(11-17(16)13-26)30-14-15-5-8-25(9-6-15)20-4-2-18(12-24-20)27(28)29/h1-4,11-12,15H,5-10,13-14H2,(H3,22,23). The number of fused-ring (bicyclic) bond motifs is 1. The van der Waals surface area contributed by atoms with Crippen molar-refractivity contribution in [3.63, 3.8) is 0 Å². The summed E-state index contributed by atoms with van der Waals surface area (Å²) < 4.78 is 6.08. The van der Waals surface area contributed by atoms with Gasteiger partial charge in [0.2, 0.25) is 0 Å². The number of nitro groups is 1. The Morgan fingerprint density at radius 3 is 2.70 bits per heavy atom. The van der Waals surface area contributed by atoms with Crippen molar-refractivity contribution in [1.82, 2.24) is 9.88 Å². The molecule has 2 aliphatic heterocycles. The third-order valence-electron chi connectivity index (χ3n) is 5.90. The van der Waals surface area contributed by atoms with E-state index < -0.39 is 4.92 Å². The molecular formula is C21H26N6O3. The van der Waals surface area contributed by atoms with Crippen LogP contribution in [0.1, 0.15) is 24.0 Å². The van der Waals surface area contributed by atoms with E-state index in [9.17, 15) is 10.1 Å². The lowest BCUT2D eigenvalue weighted by Gasteiger charge is -2.32. The fourth-order valence-corrected chi connectivity index (χ4v) is 4.04. The molecule has 0 amide bonds. The van der Waals surface area contributed by atoms with Crippen molar-refractivity contribution < 1.29 is 9.66 Å². The quantitative estimate of drug-likeness (QED) is 0.336. The van der Waals surface area contributed by atoms with Crippen molar-refractivity contribution in [3.8, 4) is 5.75 Å². The van der Waals surface area contributed by atoms with E-state index in [1.165, 1.54) is 23.4 Å². The molecule has 2 aliphatic rings. The predicted molar refractivity (Wildman–Crippen MR) is 114 cm³/mol. The maximum Gasteiger partial charge on any atom is 0.287 e. The largest absolute Gasteiger partial charge is 0.493 e. The summed E-state index contributed by atoms with van der Waals surface area (Å²) in [6, 6.07) is 9.43. The van der Waals surface area contributed by atoms with Crippen LogP contribution in [0.5, 0.6) is 5.75 Å². The van der Waals surface area contributed by atoms with Crippen molar-refractivity contribution in [2.45, 2.75) is 25.8 Å². The number of rotatable bonds is 5. The molecule has 1 aromatic carbocycles. The van der Waals surface area contributed by atoms with E-state index in [4.69, 9.17) is 15.9 Å². The lowest BCUT2D eigenvalue weighted by atomic mass is 9.97. The van der Waals surface area contributed by atoms with Crippen LogP contribution in [0.2, 0.25) is 0 Å². The summed E-state index contributed by atoms with van der Waals surface area (Å²) in [5, 5.41) is 18.4. The number of piperidine rings is 1. The van der Waals surface area contributed by atoms with Crippen LogP contribution >= 0.6 is 0 Å². The van der Waals surface area contributed by atoms with Crippen LogP contribution in [0, 0.1) is 21.4 Å². The summed E-state index contributed by atoms with van der Waals surface area (Å²) in [4.78, 5) is 18.6. The Bertz CT molecular complexity index is 925. The van der Waals surface area contributed by atoms with E-state index in [2.05, 4.69) is 22.0 Å². The SMILES string of the molecule is N=C(N)N1CCc2ccc(OCC3CCN(c4ccc([N+](=O)[O-])cn4)CC3)cc2C1. The Morgan fingerprint density at radius 2 is 2.03 bits per heavy atom. The van der Waals surface area contributed by atoms with Gasteiger partial charge in [-0.1, -0.05) is 6.07 Å². The second-order valence-corrected chi connectivity index (χ2v) is 7.86. The van der Waals surface area contributed by atoms with E-state index in [0.29, 0.717) is 19.1 Å². The fourth-order valence-electron chi connectivity index (χ4n) is 4.04. The molecule has 1 fully saturated rings. The molecule has 0 spiro atoms. The van der Waals surface area contributed by atoms with E-state index in [0.717, 1.165) is 50.5 Å². The van der Waals surface area contributed by atoms with Crippen LogP contribution in [-0.2, 0) is 13.0 Å². The monoisotopic (exact) mass is 410 g/mol. The molecule has 4 rings (SSSR count). The molecule has 1 aromatic heterocycles. The van der Waals surface area contributed by atoms with Gasteiger partial charge < -0.3 is 20.3 Å². The van der Waals surface area contributed by atoms with Crippen LogP contribution in [0.25, 0.3) is 0 Å². The van der Waals surface area contributed by atoms with Crippen molar-refractivity contribution in [3.05, 3.63) is 57.8 Å². The van der Waals surface area contributed by atoms with Crippen LogP contribution in [0.3, 0.4) is 0 Å². The molecule has 2 aromatic rings. The third kappa shape index (κ3) is 4.45. The molecule has 0 bridgehead atoms.